The van der Waals surface area contributed by atoms with Crippen LogP contribution in [-0.2, 0) is 0 Å². The number of benzene rings is 1. The largest absolute Gasteiger partial charge is 0.496 e. The summed E-state index contributed by atoms with van der Waals surface area (Å²) in [6.07, 6.45) is -2.69. The molecular weight excluding hydrogens is 242 g/mol. The average Bonchev–Trinajstić information content (AvgIpc) is 2.37. The molecule has 0 amide bonds. The first-order valence-electron chi connectivity index (χ1n) is 5.17. The van der Waals surface area contributed by atoms with Crippen LogP contribution in [0.2, 0.25) is 0 Å². The second kappa shape index (κ2) is 4.64. The van der Waals surface area contributed by atoms with E-state index in [1.165, 1.54) is 14.2 Å². The van der Waals surface area contributed by atoms with Crippen LogP contribution in [0.4, 0.5) is 14.5 Å². The number of aromatic nitrogens is 1. The van der Waals surface area contributed by atoms with Crippen LogP contribution in [0.5, 0.6) is 11.5 Å². The molecule has 0 saturated carbocycles. The first-order chi connectivity index (χ1) is 8.58. The molecule has 2 rings (SSSR count). The lowest BCUT2D eigenvalue weighted by Crippen LogP contribution is -1.99. The second-order valence-electron chi connectivity index (χ2n) is 3.63. The predicted octanol–water partition coefficient (Wildman–Crippen LogP) is 2.77. The first kappa shape index (κ1) is 12.3. The zero-order valence-corrected chi connectivity index (χ0v) is 9.91. The predicted molar refractivity (Wildman–Crippen MR) is 64.2 cm³/mol. The van der Waals surface area contributed by atoms with Crippen LogP contribution in [0.15, 0.2) is 18.2 Å². The molecule has 0 fully saturated rings. The quantitative estimate of drug-likeness (QED) is 0.915. The molecule has 2 aromatic rings. The van der Waals surface area contributed by atoms with Gasteiger partial charge in [-0.05, 0) is 18.2 Å². The minimum Gasteiger partial charge on any atom is -0.496 e. The number of nitrogen functional groups attached to an aromatic ring is 1. The highest BCUT2D eigenvalue weighted by Crippen LogP contribution is 2.37. The highest BCUT2D eigenvalue weighted by molar-refractivity contribution is 5.99. The van der Waals surface area contributed by atoms with Crippen molar-refractivity contribution in [1.82, 2.24) is 4.98 Å². The molecule has 18 heavy (non-hydrogen) atoms. The van der Waals surface area contributed by atoms with Crippen LogP contribution in [0.3, 0.4) is 0 Å². The van der Waals surface area contributed by atoms with Gasteiger partial charge in [-0.15, -0.1) is 0 Å². The Labute approximate surface area is 102 Å². The number of halogens is 2. The molecule has 0 atom stereocenters. The van der Waals surface area contributed by atoms with Gasteiger partial charge >= 0.3 is 0 Å². The van der Waals surface area contributed by atoms with Gasteiger partial charge in [0.05, 0.1) is 19.6 Å². The van der Waals surface area contributed by atoms with Crippen LogP contribution >= 0.6 is 0 Å². The van der Waals surface area contributed by atoms with Crippen molar-refractivity contribution in [1.29, 1.82) is 0 Å². The highest BCUT2D eigenvalue weighted by atomic mass is 19.3. The van der Waals surface area contributed by atoms with Crippen molar-refractivity contribution in [3.8, 4) is 11.5 Å². The van der Waals surface area contributed by atoms with Crippen molar-refractivity contribution >= 4 is 16.6 Å². The van der Waals surface area contributed by atoms with E-state index in [9.17, 15) is 8.78 Å². The number of rotatable bonds is 3. The summed E-state index contributed by atoms with van der Waals surface area (Å²) in [5.74, 6) is 0.844. The van der Waals surface area contributed by atoms with Crippen LogP contribution in [0.1, 0.15) is 12.1 Å². The van der Waals surface area contributed by atoms with E-state index in [0.717, 1.165) is 6.07 Å². The molecule has 1 aromatic carbocycles. The fourth-order valence-corrected chi connectivity index (χ4v) is 1.78. The van der Waals surface area contributed by atoms with Gasteiger partial charge in [0.25, 0.3) is 6.43 Å². The van der Waals surface area contributed by atoms with Crippen LogP contribution in [0.25, 0.3) is 10.9 Å². The molecule has 0 aliphatic heterocycles. The fraction of sp³-hybridized carbons (Fsp3) is 0.250. The summed E-state index contributed by atoms with van der Waals surface area (Å²) in [7, 11) is 2.91. The molecule has 4 nitrogen and oxygen atoms in total. The lowest BCUT2D eigenvalue weighted by molar-refractivity contribution is 0.146. The Balaban J connectivity index is 2.84. The molecule has 0 aliphatic rings. The first-order valence-corrected chi connectivity index (χ1v) is 5.17. The lowest BCUT2D eigenvalue weighted by Gasteiger charge is -2.12. The standard InChI is InChI=1S/C12H12F2N2O2/c1-17-8-3-4-9(18-2)11-10(8)6(15)5-7(16-11)12(13)14/h3-5,12H,1-2H3,(H2,15,16). The Hall–Kier alpha value is -2.11. The summed E-state index contributed by atoms with van der Waals surface area (Å²) < 4.78 is 35.6. The van der Waals surface area contributed by atoms with Crippen molar-refractivity contribution in [3.63, 3.8) is 0 Å². The van der Waals surface area contributed by atoms with Gasteiger partial charge in [0.1, 0.15) is 22.7 Å². The Morgan fingerprint density at radius 1 is 1.17 bits per heavy atom. The monoisotopic (exact) mass is 254 g/mol. The van der Waals surface area contributed by atoms with E-state index >= 15 is 0 Å². The number of hydrogen-bond acceptors (Lipinski definition) is 4. The average molecular weight is 254 g/mol. The Kier molecular flexibility index (Phi) is 3.18. The number of hydrogen-bond donors (Lipinski definition) is 1. The third-order valence-electron chi connectivity index (χ3n) is 2.60. The smallest absolute Gasteiger partial charge is 0.280 e. The molecule has 0 unspecified atom stereocenters. The number of fused-ring (bicyclic) bond motifs is 1. The zero-order valence-electron chi connectivity index (χ0n) is 9.91. The van der Waals surface area contributed by atoms with E-state index in [0.29, 0.717) is 16.9 Å². The summed E-state index contributed by atoms with van der Waals surface area (Å²) in [5.41, 5.74) is 5.86. The molecule has 6 heteroatoms. The van der Waals surface area contributed by atoms with E-state index in [1.54, 1.807) is 12.1 Å². The van der Waals surface area contributed by atoms with E-state index in [1.807, 2.05) is 0 Å². The summed E-state index contributed by atoms with van der Waals surface area (Å²) in [6, 6.07) is 4.40. The van der Waals surface area contributed by atoms with Gasteiger partial charge in [-0.1, -0.05) is 0 Å². The normalized spacial score (nSPS) is 10.9. The van der Waals surface area contributed by atoms with Crippen LogP contribution in [-0.4, -0.2) is 19.2 Å². The van der Waals surface area contributed by atoms with Gasteiger partial charge in [0, 0.05) is 5.69 Å². The topological polar surface area (TPSA) is 57.4 Å². The molecule has 96 valence electrons. The van der Waals surface area contributed by atoms with E-state index in [4.69, 9.17) is 15.2 Å². The number of anilines is 1. The molecule has 2 N–H and O–H groups in total. The van der Waals surface area contributed by atoms with Gasteiger partial charge in [-0.3, -0.25) is 0 Å². The van der Waals surface area contributed by atoms with Gasteiger partial charge < -0.3 is 15.2 Å². The molecule has 0 bridgehead atoms. The minimum absolute atomic E-state index is 0.186. The van der Waals surface area contributed by atoms with E-state index in [-0.39, 0.29) is 16.9 Å². The summed E-state index contributed by atoms with van der Waals surface area (Å²) >= 11 is 0. The van der Waals surface area contributed by atoms with E-state index in [2.05, 4.69) is 4.98 Å². The SMILES string of the molecule is COc1ccc(OC)c2c(N)cc(C(F)F)nc12. The second-order valence-corrected chi connectivity index (χ2v) is 3.63. The Morgan fingerprint density at radius 2 is 1.78 bits per heavy atom. The van der Waals surface area contributed by atoms with Crippen molar-refractivity contribution in [2.24, 2.45) is 0 Å². The van der Waals surface area contributed by atoms with Crippen molar-refractivity contribution < 1.29 is 18.3 Å². The van der Waals surface area contributed by atoms with Gasteiger partial charge in [0.15, 0.2) is 0 Å². The molecular formula is C12H12F2N2O2. The number of alkyl halides is 2. The Morgan fingerprint density at radius 3 is 2.33 bits per heavy atom. The van der Waals surface area contributed by atoms with Crippen LogP contribution < -0.4 is 15.2 Å². The fourth-order valence-electron chi connectivity index (χ4n) is 1.78. The molecule has 1 aromatic heterocycles. The van der Waals surface area contributed by atoms with Gasteiger partial charge in [-0.25, -0.2) is 13.8 Å². The van der Waals surface area contributed by atoms with Crippen molar-refractivity contribution in [2.45, 2.75) is 6.43 Å². The Bertz CT molecular complexity index is 588. The number of pyridine rings is 1. The third kappa shape index (κ3) is 1.90. The third-order valence-corrected chi connectivity index (χ3v) is 2.60. The molecule has 1 heterocycles. The molecule has 0 spiro atoms. The van der Waals surface area contributed by atoms with Gasteiger partial charge in [0.2, 0.25) is 0 Å². The van der Waals surface area contributed by atoms with Crippen LogP contribution in [0, 0.1) is 0 Å². The maximum atomic E-state index is 12.7. The van der Waals surface area contributed by atoms with Crippen molar-refractivity contribution in [2.75, 3.05) is 20.0 Å². The lowest BCUT2D eigenvalue weighted by atomic mass is 10.1. The molecule has 0 radical (unpaired) electrons. The molecule has 0 aliphatic carbocycles. The maximum absolute atomic E-state index is 12.7. The van der Waals surface area contributed by atoms with Crippen molar-refractivity contribution in [3.05, 3.63) is 23.9 Å². The zero-order chi connectivity index (χ0) is 13.3. The summed E-state index contributed by atoms with van der Waals surface area (Å²) in [4.78, 5) is 3.88. The van der Waals surface area contributed by atoms with Gasteiger partial charge in [-0.2, -0.15) is 0 Å². The number of ether oxygens (including phenoxy) is 2. The summed E-state index contributed by atoms with van der Waals surface area (Å²) in [6.45, 7) is 0. The number of nitrogens with zero attached hydrogens (tertiary/aromatic N) is 1. The minimum atomic E-state index is -2.69. The van der Waals surface area contributed by atoms with E-state index < -0.39 is 6.43 Å². The maximum Gasteiger partial charge on any atom is 0.280 e. The highest BCUT2D eigenvalue weighted by Gasteiger charge is 2.17. The number of nitrogens with two attached hydrogens (primary N) is 1. The molecule has 0 saturated heterocycles. The number of methoxy groups -OCH3 is 2. The summed E-state index contributed by atoms with van der Waals surface area (Å²) in [5, 5.41) is 0.473.